The van der Waals surface area contributed by atoms with Crippen LogP contribution in [0.15, 0.2) is 102 Å². The highest BCUT2D eigenvalue weighted by molar-refractivity contribution is 7.94. The van der Waals surface area contributed by atoms with Gasteiger partial charge in [-0.25, -0.2) is 12.9 Å². The molecule has 0 aromatic heterocycles. The maximum Gasteiger partial charge on any atom is 0.164 e. The van der Waals surface area contributed by atoms with Gasteiger partial charge in [0.25, 0.3) is 0 Å². The maximum absolute atomic E-state index is 13.3. The van der Waals surface area contributed by atoms with Gasteiger partial charge in [0.1, 0.15) is 28.0 Å². The molecule has 0 spiro atoms. The third-order valence-corrected chi connectivity index (χ3v) is 8.90. The van der Waals surface area contributed by atoms with Crippen LogP contribution in [0.25, 0.3) is 10.4 Å². The van der Waals surface area contributed by atoms with E-state index in [0.717, 1.165) is 23.4 Å². The van der Waals surface area contributed by atoms with Gasteiger partial charge in [-0.2, -0.15) is 0 Å². The third-order valence-electron chi connectivity index (χ3n) is 7.65. The Hall–Kier alpha value is -3.87. The lowest BCUT2D eigenvalue weighted by Crippen LogP contribution is -2.59. The molecule has 6 heteroatoms. The molecule has 6 rings (SSSR count). The van der Waals surface area contributed by atoms with Crippen LogP contribution in [0.5, 0.6) is 0 Å². The molecule has 0 N–H and O–H groups in total. The maximum atomic E-state index is 13.3. The van der Waals surface area contributed by atoms with Gasteiger partial charge in [0.15, 0.2) is 6.67 Å². The topological polar surface area (TPSA) is 51.5 Å². The van der Waals surface area contributed by atoms with Crippen molar-refractivity contribution in [3.63, 3.8) is 0 Å². The van der Waals surface area contributed by atoms with Crippen LogP contribution in [0, 0.1) is 20.8 Å². The number of hydrogen-bond donors (Lipinski definition) is 0. The van der Waals surface area contributed by atoms with Crippen LogP contribution in [0.3, 0.4) is 0 Å². The Bertz CT molecular complexity index is 1660. The highest BCUT2D eigenvalue weighted by Gasteiger charge is 2.47. The molecule has 5 nitrogen and oxygen atoms in total. The van der Waals surface area contributed by atoms with E-state index in [1.54, 1.807) is 30.5 Å². The molecule has 2 heterocycles. The second-order valence-corrected chi connectivity index (χ2v) is 12.1. The molecular weight excluding hydrogens is 490 g/mol. The Labute approximate surface area is 225 Å². The Morgan fingerprint density at radius 3 is 2.21 bits per heavy atom. The minimum absolute atomic E-state index is 0.197. The van der Waals surface area contributed by atoms with Crippen molar-refractivity contribution in [3.8, 4) is 0 Å². The molecule has 38 heavy (non-hydrogen) atoms. The van der Waals surface area contributed by atoms with Gasteiger partial charge in [0.05, 0.1) is 17.1 Å². The molecule has 0 radical (unpaired) electrons. The highest BCUT2D eigenvalue weighted by Crippen LogP contribution is 2.49. The summed E-state index contributed by atoms with van der Waals surface area (Å²) in [5, 5.41) is 0. The predicted octanol–water partition coefficient (Wildman–Crippen LogP) is 7.17. The quantitative estimate of drug-likeness (QED) is 0.262. The standard InChI is InChI=1S/C32H31N3O2S/c1-23-9-13-29(14-10-23)38(36,37)33-19-32(26-7-5-4-6-8-26)35-21-28-18-24(2)11-15-30(28)34(22-35)20-27-17-25(3)12-16-31(27)35/h4-19H,20-22H2,1-3H3. The summed E-state index contributed by atoms with van der Waals surface area (Å²) in [6, 6.07) is 30.2. The van der Waals surface area contributed by atoms with Crippen LogP contribution in [0.2, 0.25) is 0 Å². The van der Waals surface area contributed by atoms with Crippen LogP contribution in [0.1, 0.15) is 33.4 Å². The Morgan fingerprint density at radius 1 is 0.816 bits per heavy atom. The molecule has 0 amide bonds. The molecule has 2 aliphatic heterocycles. The molecule has 2 bridgehead atoms. The SMILES string of the molecule is Cc1ccc(S(=O)(=O)[N-]C=C(c2ccccc2)[N+]23Cc4cc(C)ccc4N(Cc4cc(C)ccc42)C3)cc1. The molecule has 0 fully saturated rings. The molecule has 192 valence electrons. The number of hydrogen-bond acceptors (Lipinski definition) is 3. The first-order chi connectivity index (χ1) is 18.2. The fourth-order valence-corrected chi connectivity index (χ4v) is 6.68. The zero-order chi connectivity index (χ0) is 26.5. The van der Waals surface area contributed by atoms with Crippen molar-refractivity contribution in [2.45, 2.75) is 38.8 Å². The number of aryl methyl sites for hydroxylation is 3. The summed E-state index contributed by atoms with van der Waals surface area (Å²) in [7, 11) is -3.88. The van der Waals surface area contributed by atoms with E-state index in [2.05, 4.69) is 59.9 Å². The van der Waals surface area contributed by atoms with Gasteiger partial charge in [-0.05, 0) is 63.2 Å². The minimum Gasteiger partial charge on any atom is -0.574 e. The van der Waals surface area contributed by atoms with Crippen LogP contribution in [-0.4, -0.2) is 15.1 Å². The van der Waals surface area contributed by atoms with E-state index in [4.69, 9.17) is 0 Å². The van der Waals surface area contributed by atoms with E-state index in [9.17, 15) is 8.42 Å². The van der Waals surface area contributed by atoms with Crippen molar-refractivity contribution in [2.24, 2.45) is 0 Å². The van der Waals surface area contributed by atoms with Gasteiger partial charge in [0, 0.05) is 22.8 Å². The Kier molecular flexibility index (Phi) is 5.89. The van der Waals surface area contributed by atoms with Gasteiger partial charge < -0.3 is 9.62 Å². The first-order valence-corrected chi connectivity index (χ1v) is 14.3. The molecule has 4 aromatic rings. The monoisotopic (exact) mass is 521 g/mol. The van der Waals surface area contributed by atoms with Crippen LogP contribution in [-0.2, 0) is 23.1 Å². The molecule has 1 atom stereocenters. The number of quaternary nitrogens is 1. The van der Waals surface area contributed by atoms with Gasteiger partial charge in [0.2, 0.25) is 0 Å². The summed E-state index contributed by atoms with van der Waals surface area (Å²) in [4.78, 5) is 2.62. The summed E-state index contributed by atoms with van der Waals surface area (Å²) in [6.45, 7) is 8.41. The van der Waals surface area contributed by atoms with Gasteiger partial charge in [-0.1, -0.05) is 59.2 Å². The molecule has 2 aliphatic rings. The fourth-order valence-electron chi connectivity index (χ4n) is 5.84. The Morgan fingerprint density at radius 2 is 1.47 bits per heavy atom. The first-order valence-electron chi connectivity index (χ1n) is 12.9. The number of fused-ring (bicyclic) bond motifs is 6. The zero-order valence-corrected chi connectivity index (χ0v) is 22.7. The number of rotatable bonds is 5. The Balaban J connectivity index is 1.56. The molecule has 1 unspecified atom stereocenters. The van der Waals surface area contributed by atoms with Crippen LogP contribution < -0.4 is 9.38 Å². The van der Waals surface area contributed by atoms with Crippen LogP contribution >= 0.6 is 0 Å². The van der Waals surface area contributed by atoms with Gasteiger partial charge in [-0.3, -0.25) is 0 Å². The summed E-state index contributed by atoms with van der Waals surface area (Å²) in [6.07, 6.45) is 1.60. The molecule has 0 aliphatic carbocycles. The van der Waals surface area contributed by atoms with Crippen molar-refractivity contribution in [2.75, 3.05) is 11.6 Å². The second-order valence-electron chi connectivity index (χ2n) is 10.5. The molecule has 0 saturated carbocycles. The number of sulfonamides is 1. The summed E-state index contributed by atoms with van der Waals surface area (Å²) in [5.41, 5.74) is 10.2. The molecule has 4 aromatic carbocycles. The zero-order valence-electron chi connectivity index (χ0n) is 21.9. The van der Waals surface area contributed by atoms with Gasteiger partial charge >= 0.3 is 0 Å². The van der Waals surface area contributed by atoms with Crippen LogP contribution in [0.4, 0.5) is 11.4 Å². The predicted molar refractivity (Wildman–Crippen MR) is 155 cm³/mol. The van der Waals surface area contributed by atoms with Crippen molar-refractivity contribution in [3.05, 3.63) is 135 Å². The number of anilines is 1. The van der Waals surface area contributed by atoms with E-state index < -0.39 is 10.0 Å². The summed E-state index contributed by atoms with van der Waals surface area (Å²) < 4.78 is 31.4. The largest absolute Gasteiger partial charge is 0.574 e. The van der Waals surface area contributed by atoms with E-state index in [0.29, 0.717) is 17.7 Å². The van der Waals surface area contributed by atoms with E-state index in [1.165, 1.54) is 33.6 Å². The first kappa shape index (κ1) is 24.5. The van der Waals surface area contributed by atoms with E-state index >= 15 is 0 Å². The summed E-state index contributed by atoms with van der Waals surface area (Å²) in [5.74, 6) is 0. The number of nitrogens with zero attached hydrogens (tertiary/aromatic N) is 3. The lowest BCUT2D eigenvalue weighted by Gasteiger charge is -2.52. The van der Waals surface area contributed by atoms with Crippen molar-refractivity contribution in [1.82, 2.24) is 4.48 Å². The van der Waals surface area contributed by atoms with Gasteiger partial charge in [-0.15, -0.1) is 6.20 Å². The fraction of sp³-hybridized carbons (Fsp3) is 0.188. The number of benzene rings is 4. The average molecular weight is 522 g/mol. The molecular formula is C32H31N3O2S. The van der Waals surface area contributed by atoms with E-state index in [-0.39, 0.29) is 4.90 Å². The smallest absolute Gasteiger partial charge is 0.164 e. The lowest BCUT2D eigenvalue weighted by molar-refractivity contribution is 0.339. The van der Waals surface area contributed by atoms with E-state index in [1.807, 2.05) is 37.3 Å². The van der Waals surface area contributed by atoms with Crippen molar-refractivity contribution in [1.29, 1.82) is 0 Å². The third kappa shape index (κ3) is 4.20. The van der Waals surface area contributed by atoms with Crippen molar-refractivity contribution < 1.29 is 8.42 Å². The normalized spacial score (nSPS) is 18.5. The average Bonchev–Trinajstić information content (AvgIpc) is 2.89. The molecule has 0 saturated heterocycles. The summed E-state index contributed by atoms with van der Waals surface area (Å²) >= 11 is 0. The second kappa shape index (κ2) is 9.15. The lowest BCUT2D eigenvalue weighted by atomic mass is 9.94. The van der Waals surface area contributed by atoms with Crippen molar-refractivity contribution >= 4 is 27.1 Å². The highest BCUT2D eigenvalue weighted by atomic mass is 32.2. The minimum atomic E-state index is -3.88.